The first-order valence-corrected chi connectivity index (χ1v) is 10.3. The molecule has 2 heterocycles. The molecule has 1 saturated carbocycles. The molecule has 1 aromatic heterocycles. The summed E-state index contributed by atoms with van der Waals surface area (Å²) in [7, 11) is 0. The standard InChI is InChI=1S/C23H25FN4O2/c24-20-7-2-1-6-19(20)23(30)28-14-4-13-27(16-28)21-11-10-18(15-26-21)22(29)25-12-3-5-17-8-9-17/h1-2,4,6-7,10-11,13,15,17H,3,5,8-9,12,14,16H2,(H,25,29). The smallest absolute Gasteiger partial charge is 0.258 e. The molecule has 2 amide bonds. The first-order valence-electron chi connectivity index (χ1n) is 10.3. The van der Waals surface area contributed by atoms with Gasteiger partial charge in [-0.25, -0.2) is 9.37 Å². The minimum atomic E-state index is -0.533. The highest BCUT2D eigenvalue weighted by Crippen LogP contribution is 2.33. The average molecular weight is 408 g/mol. The maximum atomic E-state index is 14.0. The van der Waals surface area contributed by atoms with Gasteiger partial charge in [0.2, 0.25) is 0 Å². The minimum Gasteiger partial charge on any atom is -0.352 e. The molecule has 6 nitrogen and oxygen atoms in total. The fourth-order valence-electron chi connectivity index (χ4n) is 3.48. The number of pyridine rings is 1. The van der Waals surface area contributed by atoms with Crippen LogP contribution in [0, 0.1) is 11.7 Å². The Morgan fingerprint density at radius 2 is 2.00 bits per heavy atom. The van der Waals surface area contributed by atoms with Gasteiger partial charge >= 0.3 is 0 Å². The monoisotopic (exact) mass is 408 g/mol. The fraction of sp³-hybridized carbons (Fsp3) is 0.348. The van der Waals surface area contributed by atoms with Crippen LogP contribution in [0.4, 0.5) is 10.2 Å². The van der Waals surface area contributed by atoms with Gasteiger partial charge in [0.15, 0.2) is 0 Å². The molecule has 0 atom stereocenters. The third kappa shape index (κ3) is 4.84. The van der Waals surface area contributed by atoms with E-state index in [4.69, 9.17) is 0 Å². The first-order chi connectivity index (χ1) is 14.6. The van der Waals surface area contributed by atoms with Crippen molar-refractivity contribution >= 4 is 17.6 Å². The molecular weight excluding hydrogens is 383 g/mol. The van der Waals surface area contributed by atoms with E-state index in [-0.39, 0.29) is 24.0 Å². The van der Waals surface area contributed by atoms with Gasteiger partial charge in [0, 0.05) is 25.5 Å². The summed E-state index contributed by atoms with van der Waals surface area (Å²) in [6.45, 7) is 1.33. The molecule has 1 fully saturated rings. The Kier molecular flexibility index (Phi) is 6.07. The molecule has 1 aromatic carbocycles. The number of nitrogens with one attached hydrogen (secondary N) is 1. The molecule has 30 heavy (non-hydrogen) atoms. The van der Waals surface area contributed by atoms with E-state index in [0.717, 1.165) is 12.3 Å². The van der Waals surface area contributed by atoms with Crippen LogP contribution in [0.3, 0.4) is 0 Å². The summed E-state index contributed by atoms with van der Waals surface area (Å²) in [4.78, 5) is 32.6. The molecule has 156 valence electrons. The van der Waals surface area contributed by atoms with Gasteiger partial charge in [-0.2, -0.15) is 0 Å². The lowest BCUT2D eigenvalue weighted by Crippen LogP contribution is -2.43. The van der Waals surface area contributed by atoms with Crippen molar-refractivity contribution in [1.82, 2.24) is 15.2 Å². The summed E-state index contributed by atoms with van der Waals surface area (Å²) in [5, 5.41) is 2.93. The number of aromatic nitrogens is 1. The molecule has 7 heteroatoms. The van der Waals surface area contributed by atoms with Crippen LogP contribution in [0.2, 0.25) is 0 Å². The van der Waals surface area contributed by atoms with Crippen LogP contribution >= 0.6 is 0 Å². The summed E-state index contributed by atoms with van der Waals surface area (Å²) >= 11 is 0. The Balaban J connectivity index is 1.35. The highest BCUT2D eigenvalue weighted by Gasteiger charge is 2.23. The number of carbonyl (C=O) groups excluding carboxylic acids is 2. The van der Waals surface area contributed by atoms with Crippen molar-refractivity contribution in [2.24, 2.45) is 5.92 Å². The Labute approximate surface area is 175 Å². The van der Waals surface area contributed by atoms with Gasteiger partial charge in [-0.15, -0.1) is 0 Å². The third-order valence-electron chi connectivity index (χ3n) is 5.40. The first kappa shape index (κ1) is 20.1. The minimum absolute atomic E-state index is 0.0504. The molecule has 0 spiro atoms. The molecule has 4 rings (SSSR count). The van der Waals surface area contributed by atoms with Crippen LogP contribution in [-0.4, -0.2) is 41.5 Å². The fourth-order valence-corrected chi connectivity index (χ4v) is 3.48. The summed E-state index contributed by atoms with van der Waals surface area (Å²) < 4.78 is 14.0. The lowest BCUT2D eigenvalue weighted by molar-refractivity contribution is 0.0766. The number of halogens is 1. The van der Waals surface area contributed by atoms with Gasteiger partial charge in [0.1, 0.15) is 11.6 Å². The molecule has 0 radical (unpaired) electrons. The van der Waals surface area contributed by atoms with Crippen LogP contribution < -0.4 is 10.2 Å². The number of nitrogens with zero attached hydrogens (tertiary/aromatic N) is 3. The van der Waals surface area contributed by atoms with E-state index in [1.165, 1.54) is 37.6 Å². The summed E-state index contributed by atoms with van der Waals surface area (Å²) in [6, 6.07) is 9.44. The van der Waals surface area contributed by atoms with Gasteiger partial charge in [-0.05, 0) is 49.1 Å². The third-order valence-corrected chi connectivity index (χ3v) is 5.40. The predicted molar refractivity (Wildman–Crippen MR) is 112 cm³/mol. The Bertz CT molecular complexity index is 940. The maximum absolute atomic E-state index is 14.0. The van der Waals surface area contributed by atoms with E-state index >= 15 is 0 Å². The number of amides is 2. The number of carbonyl (C=O) groups is 2. The van der Waals surface area contributed by atoms with Gasteiger partial charge in [-0.3, -0.25) is 9.59 Å². The second-order valence-electron chi connectivity index (χ2n) is 7.75. The van der Waals surface area contributed by atoms with Crippen molar-refractivity contribution in [1.29, 1.82) is 0 Å². The van der Waals surface area contributed by atoms with Crippen LogP contribution in [-0.2, 0) is 0 Å². The molecule has 1 aliphatic heterocycles. The van der Waals surface area contributed by atoms with E-state index in [1.54, 1.807) is 34.1 Å². The number of anilines is 1. The quantitative estimate of drug-likeness (QED) is 0.712. The van der Waals surface area contributed by atoms with E-state index in [1.807, 2.05) is 12.3 Å². The summed E-state index contributed by atoms with van der Waals surface area (Å²) in [5.41, 5.74) is 0.555. The topological polar surface area (TPSA) is 65.5 Å². The number of benzene rings is 1. The van der Waals surface area contributed by atoms with Gasteiger partial charge in [0.25, 0.3) is 11.8 Å². The Morgan fingerprint density at radius 1 is 1.17 bits per heavy atom. The zero-order valence-electron chi connectivity index (χ0n) is 16.8. The molecule has 2 aromatic rings. The van der Waals surface area contributed by atoms with E-state index in [9.17, 15) is 14.0 Å². The van der Waals surface area contributed by atoms with Crippen molar-refractivity contribution in [2.45, 2.75) is 25.7 Å². The number of hydrogen-bond donors (Lipinski definition) is 1. The van der Waals surface area contributed by atoms with Crippen LogP contribution in [0.5, 0.6) is 0 Å². The van der Waals surface area contributed by atoms with Gasteiger partial charge < -0.3 is 15.1 Å². The number of rotatable bonds is 7. The van der Waals surface area contributed by atoms with Crippen molar-refractivity contribution in [3.63, 3.8) is 0 Å². The van der Waals surface area contributed by atoms with Gasteiger partial charge in [-0.1, -0.05) is 25.0 Å². The summed E-state index contributed by atoms with van der Waals surface area (Å²) in [6.07, 6.45) is 10.0. The molecule has 0 unspecified atom stereocenters. The highest BCUT2D eigenvalue weighted by atomic mass is 19.1. The Morgan fingerprint density at radius 3 is 2.73 bits per heavy atom. The second-order valence-corrected chi connectivity index (χ2v) is 7.75. The molecule has 0 saturated heterocycles. The van der Waals surface area contributed by atoms with Crippen molar-refractivity contribution in [3.8, 4) is 0 Å². The molecule has 2 aliphatic rings. The van der Waals surface area contributed by atoms with E-state index < -0.39 is 5.82 Å². The van der Waals surface area contributed by atoms with E-state index in [2.05, 4.69) is 10.3 Å². The second kappa shape index (κ2) is 9.07. The molecule has 0 bridgehead atoms. The van der Waals surface area contributed by atoms with Crippen molar-refractivity contribution in [2.75, 3.05) is 24.7 Å². The average Bonchev–Trinajstić information content (AvgIpc) is 3.61. The molecule has 1 aliphatic carbocycles. The highest BCUT2D eigenvalue weighted by molar-refractivity contribution is 5.95. The van der Waals surface area contributed by atoms with Crippen LogP contribution in [0.15, 0.2) is 54.9 Å². The van der Waals surface area contributed by atoms with Gasteiger partial charge in [0.05, 0.1) is 17.8 Å². The van der Waals surface area contributed by atoms with Crippen LogP contribution in [0.25, 0.3) is 0 Å². The lowest BCUT2D eigenvalue weighted by Gasteiger charge is -2.32. The van der Waals surface area contributed by atoms with E-state index in [0.29, 0.717) is 24.5 Å². The molecular formula is C23H25FN4O2. The van der Waals surface area contributed by atoms with Crippen molar-refractivity contribution < 1.29 is 14.0 Å². The lowest BCUT2D eigenvalue weighted by atomic mass is 10.2. The maximum Gasteiger partial charge on any atom is 0.258 e. The molecule has 1 N–H and O–H groups in total. The van der Waals surface area contributed by atoms with Crippen LogP contribution in [0.1, 0.15) is 46.4 Å². The number of hydrogen-bond acceptors (Lipinski definition) is 4. The zero-order chi connectivity index (χ0) is 20.9. The largest absolute Gasteiger partial charge is 0.352 e. The SMILES string of the molecule is O=C(NCCCC1CC1)c1ccc(N2C=CCN(C(=O)c3ccccc3F)C2)nc1. The summed E-state index contributed by atoms with van der Waals surface area (Å²) in [5.74, 6) is 0.446. The Hall–Kier alpha value is -3.22. The zero-order valence-corrected chi connectivity index (χ0v) is 16.8. The normalized spacial score (nSPS) is 15.9. The van der Waals surface area contributed by atoms with Crippen molar-refractivity contribution in [3.05, 3.63) is 71.8 Å². The predicted octanol–water partition coefficient (Wildman–Crippen LogP) is 3.57.